The second-order valence-electron chi connectivity index (χ2n) is 18.4. The number of amides is 4. The highest BCUT2D eigenvalue weighted by Crippen LogP contribution is 2.53. The van der Waals surface area contributed by atoms with Crippen LogP contribution >= 0.6 is 0 Å². The highest BCUT2D eigenvalue weighted by Gasteiger charge is 2.55. The zero-order chi connectivity index (χ0) is 52.0. The van der Waals surface area contributed by atoms with E-state index in [1.54, 1.807) is 13.8 Å². The number of carbonyl (C=O) groups excluding carboxylic acids is 9. The van der Waals surface area contributed by atoms with Crippen LogP contribution in [0.4, 0.5) is 0 Å². The molecule has 2 aromatic rings. The molecule has 3 heterocycles. The standard InChI is InChI=1S/C49H61N5O18/c1-5-33(58)51-22-26(56)11-13-35(60)53-23-27(57)12-14-34(59)52-21-25(55)8-7-15-50-48(65)49(66)19-29-38(44(64)40-39(42(29)62)41(61)28-9-6-10-31(67-3)37(28)43(40)63)32(20-49)71-36-18-30-45(24(2)70-36)72-46-47(68-4)69-17-16-54(30)46/h6,9-10,24,30,32,36,45-47,62,64,66H,5,7-8,11-23H2,1-4H3,(H,50,65)(H,51,58)(H,52,59)(H,53,60)/t24-,30-,32-,36-,45+,46+,47-,49-/m0/s1. The summed E-state index contributed by atoms with van der Waals surface area (Å²) in [4.78, 5) is 117. The summed E-state index contributed by atoms with van der Waals surface area (Å²) in [6.45, 7) is 3.28. The van der Waals surface area contributed by atoms with Crippen LogP contribution in [0.1, 0.15) is 121 Å². The molecule has 23 nitrogen and oxygen atoms in total. The number of carbonyl (C=O) groups is 9. The minimum atomic E-state index is -2.34. The normalized spacial score (nSPS) is 25.2. The molecular weight excluding hydrogens is 947 g/mol. The van der Waals surface area contributed by atoms with E-state index in [9.17, 15) is 58.5 Å². The Labute approximate surface area is 413 Å². The van der Waals surface area contributed by atoms with Crippen LogP contribution in [0.5, 0.6) is 17.2 Å². The molecule has 0 radical (unpaired) electrons. The molecule has 0 aromatic heterocycles. The summed E-state index contributed by atoms with van der Waals surface area (Å²) in [6.07, 6.45) is -6.07. The molecule has 0 unspecified atom stereocenters. The molecule has 3 aliphatic heterocycles. The molecule has 390 valence electrons. The van der Waals surface area contributed by atoms with Crippen molar-refractivity contribution in [3.8, 4) is 17.2 Å². The Morgan fingerprint density at radius 2 is 1.44 bits per heavy atom. The fourth-order valence-electron chi connectivity index (χ4n) is 9.82. The van der Waals surface area contributed by atoms with E-state index in [0.29, 0.717) is 13.2 Å². The summed E-state index contributed by atoms with van der Waals surface area (Å²) in [5.74, 6) is -6.49. The third-order valence-electron chi connectivity index (χ3n) is 13.6. The number of methoxy groups -OCH3 is 2. The Kier molecular flexibility index (Phi) is 17.2. The number of ketones is 5. The third-order valence-corrected chi connectivity index (χ3v) is 13.6. The van der Waals surface area contributed by atoms with Gasteiger partial charge < -0.3 is 65.0 Å². The van der Waals surface area contributed by atoms with Crippen LogP contribution in [0.3, 0.4) is 0 Å². The highest BCUT2D eigenvalue weighted by atomic mass is 16.7. The largest absolute Gasteiger partial charge is 0.507 e. The maximum Gasteiger partial charge on any atom is 0.252 e. The number of fused-ring (bicyclic) bond motifs is 6. The number of Topliss-reactive ketones (excluding diaryl/α,β-unsaturated/α-hetero) is 3. The first-order valence-electron chi connectivity index (χ1n) is 24.0. The monoisotopic (exact) mass is 1010 g/mol. The van der Waals surface area contributed by atoms with Gasteiger partial charge in [0.15, 0.2) is 41.9 Å². The van der Waals surface area contributed by atoms with Crippen molar-refractivity contribution in [2.24, 2.45) is 0 Å². The maximum absolute atomic E-state index is 14.2. The van der Waals surface area contributed by atoms with Gasteiger partial charge in [0.2, 0.25) is 23.5 Å². The molecule has 0 saturated carbocycles. The van der Waals surface area contributed by atoms with Crippen molar-refractivity contribution in [3.63, 3.8) is 0 Å². The molecule has 2 aromatic carbocycles. The lowest BCUT2D eigenvalue weighted by molar-refractivity contribution is -0.256. The molecule has 4 amide bonds. The van der Waals surface area contributed by atoms with Gasteiger partial charge in [-0.25, -0.2) is 0 Å². The van der Waals surface area contributed by atoms with Crippen molar-refractivity contribution >= 4 is 52.5 Å². The van der Waals surface area contributed by atoms with Crippen LogP contribution in [0.15, 0.2) is 18.2 Å². The summed E-state index contributed by atoms with van der Waals surface area (Å²) >= 11 is 0. The van der Waals surface area contributed by atoms with Crippen molar-refractivity contribution < 1.29 is 86.9 Å². The lowest BCUT2D eigenvalue weighted by Gasteiger charge is -2.43. The zero-order valence-electron chi connectivity index (χ0n) is 40.5. The van der Waals surface area contributed by atoms with Gasteiger partial charge in [-0.1, -0.05) is 19.1 Å². The van der Waals surface area contributed by atoms with E-state index in [-0.39, 0.29) is 123 Å². The first-order valence-corrected chi connectivity index (χ1v) is 24.0. The van der Waals surface area contributed by atoms with Crippen LogP contribution in [0.25, 0.3) is 0 Å². The maximum atomic E-state index is 14.2. The number of aliphatic hydroxyl groups is 1. The van der Waals surface area contributed by atoms with Crippen LogP contribution in [-0.4, -0.2) is 169 Å². The minimum Gasteiger partial charge on any atom is -0.507 e. The van der Waals surface area contributed by atoms with Gasteiger partial charge in [-0.05, 0) is 19.4 Å². The fourth-order valence-corrected chi connectivity index (χ4v) is 9.82. The van der Waals surface area contributed by atoms with Crippen molar-refractivity contribution in [1.29, 1.82) is 0 Å². The Morgan fingerprint density at radius 1 is 0.806 bits per heavy atom. The summed E-state index contributed by atoms with van der Waals surface area (Å²) in [5, 5.41) is 46.1. The Balaban J connectivity index is 0.965. The molecule has 3 saturated heterocycles. The Bertz CT molecular complexity index is 2500. The molecule has 23 heteroatoms. The summed E-state index contributed by atoms with van der Waals surface area (Å²) < 4.78 is 35.8. The van der Waals surface area contributed by atoms with Gasteiger partial charge in [0, 0.05) is 101 Å². The van der Waals surface area contributed by atoms with Crippen molar-refractivity contribution in [2.45, 2.75) is 127 Å². The van der Waals surface area contributed by atoms with E-state index < -0.39 is 119 Å². The number of morpholine rings is 1. The minimum absolute atomic E-state index is 0.0690. The Hall–Kier alpha value is -6.21. The highest BCUT2D eigenvalue weighted by molar-refractivity contribution is 6.31. The number of nitrogens with zero attached hydrogens (tertiary/aromatic N) is 1. The molecule has 7 rings (SSSR count). The molecule has 72 heavy (non-hydrogen) atoms. The van der Waals surface area contributed by atoms with E-state index in [4.69, 9.17) is 28.4 Å². The molecule has 0 spiro atoms. The number of hydrogen-bond donors (Lipinski definition) is 7. The molecule has 8 atom stereocenters. The van der Waals surface area contributed by atoms with E-state index in [1.165, 1.54) is 32.4 Å². The molecule has 3 fully saturated rings. The number of benzene rings is 2. The predicted octanol–water partition coefficient (Wildman–Crippen LogP) is 0.0726. The summed E-state index contributed by atoms with van der Waals surface area (Å²) in [6, 6.07) is 4.11. The number of nitrogens with one attached hydrogen (secondary N) is 4. The molecular formula is C49H61N5O18. The van der Waals surface area contributed by atoms with Crippen molar-refractivity contribution in [1.82, 2.24) is 26.2 Å². The van der Waals surface area contributed by atoms with Crippen LogP contribution in [0, 0.1) is 0 Å². The lowest BCUT2D eigenvalue weighted by atomic mass is 9.72. The predicted molar refractivity (Wildman–Crippen MR) is 247 cm³/mol. The fraction of sp³-hybridized carbons (Fsp3) is 0.571. The number of ether oxygens (including phenoxy) is 6. The zero-order valence-corrected chi connectivity index (χ0v) is 40.5. The quantitative estimate of drug-likeness (QED) is 0.0517. The molecule has 5 aliphatic rings. The second kappa shape index (κ2) is 23.1. The number of aromatic hydroxyl groups is 2. The van der Waals surface area contributed by atoms with Crippen LogP contribution in [0.2, 0.25) is 0 Å². The van der Waals surface area contributed by atoms with Gasteiger partial charge in [-0.3, -0.25) is 48.1 Å². The third kappa shape index (κ3) is 11.5. The molecule has 2 aliphatic carbocycles. The molecule has 7 N–H and O–H groups in total. The first kappa shape index (κ1) is 53.6. The summed E-state index contributed by atoms with van der Waals surface area (Å²) in [7, 11) is 2.83. The number of phenolic OH excluding ortho intramolecular Hbond substituents is 2. The van der Waals surface area contributed by atoms with E-state index >= 15 is 0 Å². The van der Waals surface area contributed by atoms with E-state index in [0.717, 1.165) is 0 Å². The van der Waals surface area contributed by atoms with Crippen LogP contribution in [-0.2, 0) is 63.7 Å². The van der Waals surface area contributed by atoms with E-state index in [2.05, 4.69) is 26.2 Å². The van der Waals surface area contributed by atoms with Gasteiger partial charge >= 0.3 is 0 Å². The second-order valence-corrected chi connectivity index (χ2v) is 18.4. The van der Waals surface area contributed by atoms with Gasteiger partial charge in [-0.15, -0.1) is 0 Å². The van der Waals surface area contributed by atoms with E-state index in [1.807, 2.05) is 0 Å². The van der Waals surface area contributed by atoms with Crippen molar-refractivity contribution in [2.75, 3.05) is 53.6 Å². The lowest BCUT2D eigenvalue weighted by Crippen LogP contribution is -2.55. The first-order chi connectivity index (χ1) is 34.4. The number of hydrogen-bond acceptors (Lipinski definition) is 19. The average molecular weight is 1010 g/mol. The van der Waals surface area contributed by atoms with Crippen LogP contribution < -0.4 is 26.0 Å². The topological polar surface area (TPSA) is 321 Å². The van der Waals surface area contributed by atoms with Gasteiger partial charge in [0.1, 0.15) is 29.0 Å². The molecule has 0 bridgehead atoms. The SMILES string of the molecule is CCC(=O)NCC(=O)CCC(=O)NCC(=O)CCC(=O)NCC(=O)CCCNC(=O)[C@]1(O)Cc2c(O)c3c(c(O)c2[C@@H](O[C@H]2C[C@H]4[C@H](O[C@@H]5[C@@H](OC)OCCN54)[C@H](C)O2)C1)C(=O)c1c(OC)cccc1C3=O. The van der Waals surface area contributed by atoms with Gasteiger partial charge in [0.25, 0.3) is 5.91 Å². The Morgan fingerprint density at radius 3 is 2.08 bits per heavy atom. The summed E-state index contributed by atoms with van der Waals surface area (Å²) in [5.41, 5.74) is -3.87. The number of phenols is 2. The number of rotatable bonds is 22. The van der Waals surface area contributed by atoms with Gasteiger partial charge in [0.05, 0.1) is 62.2 Å². The average Bonchev–Trinajstić information content (AvgIpc) is 3.75. The smallest absolute Gasteiger partial charge is 0.252 e. The van der Waals surface area contributed by atoms with Gasteiger partial charge in [-0.2, -0.15) is 0 Å². The van der Waals surface area contributed by atoms with Crippen molar-refractivity contribution in [3.05, 3.63) is 51.6 Å².